The Labute approximate surface area is 338 Å². The lowest BCUT2D eigenvalue weighted by molar-refractivity contribution is 0.620. The van der Waals surface area contributed by atoms with Crippen LogP contribution in [-0.4, -0.2) is 4.98 Å². The van der Waals surface area contributed by atoms with Gasteiger partial charge >= 0.3 is 0 Å². The van der Waals surface area contributed by atoms with Crippen LogP contribution in [0.4, 0.5) is 34.1 Å². The first-order valence-electron chi connectivity index (χ1n) is 19.7. The molecule has 6 nitrogen and oxygen atoms in total. The third-order valence-corrected chi connectivity index (χ3v) is 11.2. The van der Waals surface area contributed by atoms with Crippen LogP contribution in [0.15, 0.2) is 213 Å². The van der Waals surface area contributed by atoms with Crippen LogP contribution in [0.25, 0.3) is 77.2 Å². The monoisotopic (exact) mass is 759 g/mol. The van der Waals surface area contributed by atoms with Crippen LogP contribution in [0.2, 0.25) is 0 Å². The Hall–Kier alpha value is -8.09. The highest BCUT2D eigenvalue weighted by atomic mass is 16.3. The van der Waals surface area contributed by atoms with E-state index >= 15 is 0 Å². The second-order valence-corrected chi connectivity index (χ2v) is 14.8. The van der Waals surface area contributed by atoms with Crippen LogP contribution in [0.1, 0.15) is 0 Å². The molecule has 0 bridgehead atoms. The van der Waals surface area contributed by atoms with Gasteiger partial charge in [-0.15, -0.1) is 0 Å². The molecule has 0 aliphatic rings. The van der Waals surface area contributed by atoms with Gasteiger partial charge < -0.3 is 23.1 Å². The van der Waals surface area contributed by atoms with Crippen LogP contribution in [0.3, 0.4) is 0 Å². The quantitative estimate of drug-likeness (QED) is 0.161. The summed E-state index contributed by atoms with van der Waals surface area (Å²) in [5.74, 6) is 0.569. The maximum absolute atomic E-state index is 6.71. The van der Waals surface area contributed by atoms with Crippen molar-refractivity contribution in [3.63, 3.8) is 0 Å². The molecule has 59 heavy (non-hydrogen) atoms. The molecule has 0 unspecified atom stereocenters. The van der Waals surface area contributed by atoms with E-state index in [9.17, 15) is 0 Å². The molecule has 0 aliphatic carbocycles. The van der Waals surface area contributed by atoms with Crippen LogP contribution >= 0.6 is 0 Å². The molecule has 12 aromatic rings. The molecular weight excluding hydrogens is 727 g/mol. The number of rotatable bonds is 7. The normalized spacial score (nSPS) is 11.7. The zero-order valence-corrected chi connectivity index (χ0v) is 31.6. The fourth-order valence-corrected chi connectivity index (χ4v) is 8.54. The number of hydrogen-bond donors (Lipinski definition) is 0. The molecule has 0 saturated carbocycles. The number of furan rings is 2. The highest BCUT2D eigenvalue weighted by Gasteiger charge is 2.23. The predicted molar refractivity (Wildman–Crippen MR) is 241 cm³/mol. The molecule has 3 aromatic heterocycles. The van der Waals surface area contributed by atoms with Crippen LogP contribution < -0.4 is 9.80 Å². The fraction of sp³-hybridized carbons (Fsp3) is 0. The molecule has 3 heterocycles. The van der Waals surface area contributed by atoms with Crippen LogP contribution in [0.5, 0.6) is 0 Å². The topological polar surface area (TPSA) is 58.8 Å². The van der Waals surface area contributed by atoms with Gasteiger partial charge in [-0.05, 0) is 97.1 Å². The average molecular weight is 760 g/mol. The molecule has 0 atom stereocenters. The number of hydrogen-bond acceptors (Lipinski definition) is 6. The Morgan fingerprint density at radius 1 is 0.305 bits per heavy atom. The average Bonchev–Trinajstić information content (AvgIpc) is 4.01. The minimum atomic E-state index is 0.569. The van der Waals surface area contributed by atoms with Gasteiger partial charge in [0.25, 0.3) is 0 Å². The van der Waals surface area contributed by atoms with Gasteiger partial charge in [-0.25, -0.2) is 4.98 Å². The minimum Gasteiger partial charge on any atom is -0.456 e. The Morgan fingerprint density at radius 3 is 1.39 bits per heavy atom. The third kappa shape index (κ3) is 5.46. The van der Waals surface area contributed by atoms with E-state index in [1.54, 1.807) is 0 Å². The lowest BCUT2D eigenvalue weighted by Crippen LogP contribution is -2.11. The smallest absolute Gasteiger partial charge is 0.227 e. The van der Waals surface area contributed by atoms with Crippen molar-refractivity contribution in [2.75, 3.05) is 9.80 Å². The molecule has 0 fully saturated rings. The van der Waals surface area contributed by atoms with Crippen molar-refractivity contribution >= 4 is 99.9 Å². The zero-order chi connectivity index (χ0) is 38.9. The number of nitrogens with zero attached hydrogens (tertiary/aromatic N) is 3. The van der Waals surface area contributed by atoms with Crippen molar-refractivity contribution in [3.8, 4) is 11.5 Å². The van der Waals surface area contributed by atoms with E-state index in [4.69, 9.17) is 18.2 Å². The van der Waals surface area contributed by atoms with E-state index in [-0.39, 0.29) is 0 Å². The standard InChI is InChI=1S/C53H33N3O3/c1-4-14-34(15-5-1)53-54-52-45-32-37(55(35-16-6-2-7-17-35)38-25-28-49-43(30-38)41-20-10-12-22-47(41)57-49)24-27-40(45)46(33-51(52)59-53)56(36-18-8-3-9-19-36)39-26-29-50-44(31-39)42-21-11-13-23-48(42)58-50/h1-33H. The van der Waals surface area contributed by atoms with Gasteiger partial charge in [0.05, 0.1) is 5.69 Å². The zero-order valence-electron chi connectivity index (χ0n) is 31.6. The fourth-order valence-electron chi connectivity index (χ4n) is 8.54. The molecule has 0 radical (unpaired) electrons. The first kappa shape index (κ1) is 33.1. The van der Waals surface area contributed by atoms with Gasteiger partial charge in [0, 0.05) is 72.4 Å². The van der Waals surface area contributed by atoms with Gasteiger partial charge in [-0.1, -0.05) is 97.1 Å². The summed E-state index contributed by atoms with van der Waals surface area (Å²) in [6.45, 7) is 0. The summed E-state index contributed by atoms with van der Waals surface area (Å²) in [6.07, 6.45) is 0. The second-order valence-electron chi connectivity index (χ2n) is 14.8. The Balaban J connectivity index is 1.12. The molecule has 12 rings (SSSR count). The maximum Gasteiger partial charge on any atom is 0.227 e. The number of fused-ring (bicyclic) bond motifs is 9. The van der Waals surface area contributed by atoms with Gasteiger partial charge in [-0.2, -0.15) is 0 Å². The first-order valence-corrected chi connectivity index (χ1v) is 19.7. The molecule has 278 valence electrons. The van der Waals surface area contributed by atoms with E-state index in [2.05, 4.69) is 143 Å². The molecule has 9 aromatic carbocycles. The van der Waals surface area contributed by atoms with Gasteiger partial charge in [0.15, 0.2) is 5.58 Å². The lowest BCUT2D eigenvalue weighted by Gasteiger charge is -2.28. The maximum atomic E-state index is 6.71. The van der Waals surface area contributed by atoms with E-state index in [1.807, 2.05) is 66.7 Å². The van der Waals surface area contributed by atoms with Crippen molar-refractivity contribution in [3.05, 3.63) is 200 Å². The Morgan fingerprint density at radius 2 is 0.780 bits per heavy atom. The third-order valence-electron chi connectivity index (χ3n) is 11.2. The summed E-state index contributed by atoms with van der Waals surface area (Å²) in [4.78, 5) is 9.81. The number of para-hydroxylation sites is 4. The largest absolute Gasteiger partial charge is 0.456 e. The number of benzene rings is 9. The molecule has 0 amide bonds. The first-order chi connectivity index (χ1) is 29.2. The minimum absolute atomic E-state index is 0.569. The Bertz CT molecular complexity index is 3520. The van der Waals surface area contributed by atoms with Crippen molar-refractivity contribution in [1.29, 1.82) is 0 Å². The summed E-state index contributed by atoms with van der Waals surface area (Å²) in [7, 11) is 0. The molecular formula is C53H33N3O3. The molecule has 0 spiro atoms. The number of oxazole rings is 1. The van der Waals surface area contributed by atoms with E-state index in [1.165, 1.54) is 0 Å². The molecule has 0 aliphatic heterocycles. The summed E-state index contributed by atoms with van der Waals surface area (Å²) in [5, 5.41) is 6.27. The highest BCUT2D eigenvalue weighted by Crippen LogP contribution is 2.47. The molecule has 0 saturated heterocycles. The summed E-state index contributed by atoms with van der Waals surface area (Å²) in [5.41, 5.74) is 11.8. The number of aromatic nitrogens is 1. The molecule has 0 N–H and O–H groups in total. The van der Waals surface area contributed by atoms with Crippen molar-refractivity contribution < 1.29 is 13.3 Å². The Kier molecular flexibility index (Phi) is 7.43. The number of anilines is 6. The highest BCUT2D eigenvalue weighted by molar-refractivity contribution is 6.15. The SMILES string of the molecule is c1ccc(-c2nc3c(cc(N(c4ccccc4)c4ccc5oc6ccccc6c5c4)c4ccc(N(c5ccccc5)c5ccc6oc7ccccc7c6c5)cc43)o2)cc1. The van der Waals surface area contributed by atoms with Crippen molar-refractivity contribution in [2.24, 2.45) is 0 Å². The molecule has 6 heteroatoms. The lowest BCUT2D eigenvalue weighted by atomic mass is 10.0. The van der Waals surface area contributed by atoms with Gasteiger partial charge in [-0.3, -0.25) is 0 Å². The van der Waals surface area contributed by atoms with Crippen LogP contribution in [-0.2, 0) is 0 Å². The van der Waals surface area contributed by atoms with Gasteiger partial charge in [0.2, 0.25) is 5.89 Å². The van der Waals surface area contributed by atoms with E-state index in [0.29, 0.717) is 11.5 Å². The van der Waals surface area contributed by atoms with Crippen LogP contribution in [0, 0.1) is 0 Å². The van der Waals surface area contributed by atoms with E-state index in [0.717, 1.165) is 99.9 Å². The van der Waals surface area contributed by atoms with Crippen molar-refractivity contribution in [2.45, 2.75) is 0 Å². The van der Waals surface area contributed by atoms with Crippen molar-refractivity contribution in [1.82, 2.24) is 4.98 Å². The van der Waals surface area contributed by atoms with Gasteiger partial charge in [0.1, 0.15) is 27.8 Å². The summed E-state index contributed by atoms with van der Waals surface area (Å²) >= 11 is 0. The second kappa shape index (κ2) is 13.3. The summed E-state index contributed by atoms with van der Waals surface area (Å²) in [6, 6.07) is 69.1. The predicted octanol–water partition coefficient (Wildman–Crippen LogP) is 15.4. The van der Waals surface area contributed by atoms with E-state index < -0.39 is 0 Å². The summed E-state index contributed by atoms with van der Waals surface area (Å²) < 4.78 is 19.2.